The van der Waals surface area contributed by atoms with Crippen LogP contribution in [0.3, 0.4) is 0 Å². The second kappa shape index (κ2) is 6.20. The number of benzene rings is 2. The third-order valence-corrected chi connectivity index (χ3v) is 3.11. The molecule has 0 aliphatic carbocycles. The lowest BCUT2D eigenvalue weighted by Crippen LogP contribution is -2.12. The van der Waals surface area contributed by atoms with Crippen molar-refractivity contribution in [2.24, 2.45) is 0 Å². The highest BCUT2D eigenvalue weighted by Crippen LogP contribution is 2.32. The summed E-state index contributed by atoms with van der Waals surface area (Å²) in [5.74, 6) is -0.0919. The lowest BCUT2D eigenvalue weighted by molar-refractivity contribution is -0.138. The summed E-state index contributed by atoms with van der Waals surface area (Å²) in [6, 6.07) is 9.74. The van der Waals surface area contributed by atoms with E-state index in [4.69, 9.17) is 4.74 Å². The fourth-order valence-corrected chi connectivity index (χ4v) is 1.96. The molecular weight excluding hydrogens is 283 g/mol. The van der Waals surface area contributed by atoms with Gasteiger partial charge in [0.15, 0.2) is 0 Å². The summed E-state index contributed by atoms with van der Waals surface area (Å²) >= 11 is 0. The lowest BCUT2D eigenvalue weighted by atomic mass is 9.96. The first-order chi connectivity index (χ1) is 9.88. The summed E-state index contributed by atoms with van der Waals surface area (Å²) < 4.78 is 57.0. The molecule has 0 heterocycles. The largest absolute Gasteiger partial charge is 0.493 e. The Morgan fingerprint density at radius 2 is 1.76 bits per heavy atom. The Morgan fingerprint density at radius 3 is 2.43 bits per heavy atom. The Kier molecular flexibility index (Phi) is 4.55. The molecule has 2 rings (SSSR count). The number of alkyl halides is 3. The minimum Gasteiger partial charge on any atom is -0.493 e. The van der Waals surface area contributed by atoms with Crippen LogP contribution in [0.25, 0.3) is 0 Å². The maximum absolute atomic E-state index is 13.3. The molecule has 0 unspecified atom stereocenters. The number of rotatable bonds is 4. The maximum atomic E-state index is 13.3. The molecule has 1 nitrogen and oxygen atoms in total. The van der Waals surface area contributed by atoms with Crippen LogP contribution in [0.2, 0.25) is 0 Å². The van der Waals surface area contributed by atoms with Crippen LogP contribution in [-0.2, 0) is 12.6 Å². The summed E-state index contributed by atoms with van der Waals surface area (Å²) in [6.45, 7) is 0.0512. The first-order valence-electron chi connectivity index (χ1n) is 6.42. The summed E-state index contributed by atoms with van der Waals surface area (Å²) in [6.07, 6.45) is -4.28. The molecule has 0 atom stereocenters. The predicted octanol–water partition coefficient (Wildman–Crippen LogP) is 2.72. The zero-order valence-electron chi connectivity index (χ0n) is 11.4. The summed E-state index contributed by atoms with van der Waals surface area (Å²) in [7, 11) is 1.62. The van der Waals surface area contributed by atoms with Crippen molar-refractivity contribution in [3.05, 3.63) is 59.4 Å². The molecule has 0 amide bonds. The van der Waals surface area contributed by atoms with Crippen molar-refractivity contribution >= 4 is 13.3 Å². The molecule has 0 N–H and O–H groups in total. The van der Waals surface area contributed by atoms with Crippen molar-refractivity contribution in [3.8, 4) is 5.75 Å². The highest BCUT2D eigenvalue weighted by molar-refractivity contribution is 6.32. The van der Waals surface area contributed by atoms with Gasteiger partial charge in [-0.1, -0.05) is 29.7 Å². The first-order valence-corrected chi connectivity index (χ1v) is 6.42. The van der Waals surface area contributed by atoms with Gasteiger partial charge in [0.1, 0.15) is 19.4 Å². The van der Waals surface area contributed by atoms with Crippen LogP contribution in [0.5, 0.6) is 5.75 Å². The lowest BCUT2D eigenvalue weighted by Gasteiger charge is -2.13. The highest BCUT2D eigenvalue weighted by atomic mass is 19.4. The molecule has 6 heteroatoms. The van der Waals surface area contributed by atoms with Crippen molar-refractivity contribution in [2.45, 2.75) is 12.6 Å². The third kappa shape index (κ3) is 4.00. The van der Waals surface area contributed by atoms with Crippen LogP contribution in [0, 0.1) is 5.82 Å². The Labute approximate surface area is 121 Å². The molecule has 2 aromatic carbocycles. The second-order valence-electron chi connectivity index (χ2n) is 4.66. The van der Waals surface area contributed by atoms with Crippen LogP contribution < -0.4 is 10.2 Å². The minimum absolute atomic E-state index is 0.0512. The van der Waals surface area contributed by atoms with E-state index < -0.39 is 17.6 Å². The van der Waals surface area contributed by atoms with Gasteiger partial charge in [-0.05, 0) is 17.7 Å². The van der Waals surface area contributed by atoms with E-state index in [1.54, 1.807) is 26.0 Å². The van der Waals surface area contributed by atoms with E-state index in [-0.39, 0.29) is 18.6 Å². The maximum Gasteiger partial charge on any atom is 0.416 e. The Balaban J connectivity index is 2.02. The summed E-state index contributed by atoms with van der Waals surface area (Å²) in [4.78, 5) is 0. The quantitative estimate of drug-likeness (QED) is 0.622. The minimum atomic E-state index is -4.38. The van der Waals surface area contributed by atoms with Crippen molar-refractivity contribution in [1.82, 2.24) is 0 Å². The van der Waals surface area contributed by atoms with Gasteiger partial charge < -0.3 is 4.74 Å². The van der Waals surface area contributed by atoms with Gasteiger partial charge in [0.25, 0.3) is 0 Å². The molecule has 0 aliphatic heterocycles. The van der Waals surface area contributed by atoms with Crippen molar-refractivity contribution in [2.75, 3.05) is 6.61 Å². The molecule has 0 spiro atoms. The molecule has 2 aromatic rings. The Morgan fingerprint density at radius 1 is 1.05 bits per heavy atom. The van der Waals surface area contributed by atoms with Crippen LogP contribution in [0.15, 0.2) is 42.5 Å². The molecule has 0 radical (unpaired) electrons. The highest BCUT2D eigenvalue weighted by Gasteiger charge is 2.32. The van der Waals surface area contributed by atoms with E-state index in [2.05, 4.69) is 0 Å². The van der Waals surface area contributed by atoms with E-state index in [1.807, 2.05) is 0 Å². The number of hydrogen-bond donors (Lipinski definition) is 0. The SMILES string of the molecule is Bc1ccc(OCCc2ccccc2C(F)(F)F)cc1F. The van der Waals surface area contributed by atoms with E-state index in [0.29, 0.717) is 11.2 Å². The zero-order valence-corrected chi connectivity index (χ0v) is 11.4. The van der Waals surface area contributed by atoms with Crippen LogP contribution in [-0.4, -0.2) is 14.5 Å². The van der Waals surface area contributed by atoms with Crippen molar-refractivity contribution in [1.29, 1.82) is 0 Å². The molecule has 0 aromatic heterocycles. The van der Waals surface area contributed by atoms with Crippen LogP contribution >= 0.6 is 0 Å². The number of hydrogen-bond acceptors (Lipinski definition) is 1. The van der Waals surface area contributed by atoms with Gasteiger partial charge in [0.2, 0.25) is 0 Å². The van der Waals surface area contributed by atoms with E-state index in [0.717, 1.165) is 6.07 Å². The van der Waals surface area contributed by atoms with Gasteiger partial charge in [-0.2, -0.15) is 13.2 Å². The second-order valence-corrected chi connectivity index (χ2v) is 4.66. The van der Waals surface area contributed by atoms with Gasteiger partial charge in [-0.15, -0.1) is 0 Å². The monoisotopic (exact) mass is 296 g/mol. The van der Waals surface area contributed by atoms with Crippen LogP contribution in [0.4, 0.5) is 17.6 Å². The van der Waals surface area contributed by atoms with E-state index >= 15 is 0 Å². The van der Waals surface area contributed by atoms with Gasteiger partial charge >= 0.3 is 6.18 Å². The molecule has 0 aliphatic rings. The molecule has 0 fully saturated rings. The molecule has 0 bridgehead atoms. The van der Waals surface area contributed by atoms with Gasteiger partial charge in [0, 0.05) is 12.5 Å². The third-order valence-electron chi connectivity index (χ3n) is 3.11. The van der Waals surface area contributed by atoms with E-state index in [1.165, 1.54) is 18.2 Å². The number of ether oxygens (including phenoxy) is 1. The van der Waals surface area contributed by atoms with Gasteiger partial charge in [-0.3, -0.25) is 0 Å². The number of halogens is 4. The molecule has 21 heavy (non-hydrogen) atoms. The normalized spacial score (nSPS) is 11.4. The molecule has 110 valence electrons. The first kappa shape index (κ1) is 15.4. The van der Waals surface area contributed by atoms with Gasteiger partial charge in [-0.25, -0.2) is 4.39 Å². The Hall–Kier alpha value is -1.98. The summed E-state index contributed by atoms with van der Waals surface area (Å²) in [5.41, 5.74) is -0.00830. The molecule has 0 saturated carbocycles. The molecule has 0 saturated heterocycles. The standard InChI is InChI=1S/C15H13BF4O/c16-13-6-5-11(9-14(13)17)21-8-7-10-3-1-2-4-12(10)15(18,19)20/h1-6,9H,7-8,16H2. The fourth-order valence-electron chi connectivity index (χ4n) is 1.96. The van der Waals surface area contributed by atoms with E-state index in [9.17, 15) is 17.6 Å². The average molecular weight is 296 g/mol. The van der Waals surface area contributed by atoms with Crippen LogP contribution in [0.1, 0.15) is 11.1 Å². The molecular formula is C15H13BF4O. The fraction of sp³-hybridized carbons (Fsp3) is 0.200. The predicted molar refractivity (Wildman–Crippen MR) is 75.2 cm³/mol. The zero-order chi connectivity index (χ0) is 15.5. The van der Waals surface area contributed by atoms with Crippen molar-refractivity contribution < 1.29 is 22.3 Å². The van der Waals surface area contributed by atoms with Crippen molar-refractivity contribution in [3.63, 3.8) is 0 Å². The topological polar surface area (TPSA) is 9.23 Å². The average Bonchev–Trinajstić information content (AvgIpc) is 2.42. The summed E-state index contributed by atoms with van der Waals surface area (Å²) in [5, 5.41) is 0. The Bertz CT molecular complexity index is 625. The van der Waals surface area contributed by atoms with Gasteiger partial charge in [0.05, 0.1) is 12.2 Å². The smallest absolute Gasteiger partial charge is 0.416 e.